The summed E-state index contributed by atoms with van der Waals surface area (Å²) in [7, 11) is -3.79. The number of benzene rings is 1. The molecule has 0 bridgehead atoms. The van der Waals surface area contributed by atoms with E-state index in [0.717, 1.165) is 18.5 Å². The first-order valence-corrected chi connectivity index (χ1v) is 9.41. The summed E-state index contributed by atoms with van der Waals surface area (Å²) in [5.41, 5.74) is 2.00. The Hall–Kier alpha value is -2.74. The first-order chi connectivity index (χ1) is 11.9. The fourth-order valence-electron chi connectivity index (χ4n) is 2.63. The zero-order chi connectivity index (χ0) is 17.6. The first-order valence-electron chi connectivity index (χ1n) is 7.92. The number of rotatable bonds is 5. The van der Waals surface area contributed by atoms with Gasteiger partial charge in [-0.15, -0.1) is 0 Å². The van der Waals surface area contributed by atoms with Crippen LogP contribution >= 0.6 is 0 Å². The first kappa shape index (κ1) is 15.8. The van der Waals surface area contributed by atoms with Gasteiger partial charge in [-0.1, -0.05) is 12.1 Å². The maximum Gasteiger partial charge on any atom is 0.263 e. The Kier molecular flexibility index (Phi) is 3.57. The number of carbonyl (C=O) groups is 1. The van der Waals surface area contributed by atoms with E-state index in [0.29, 0.717) is 22.9 Å². The predicted octanol–water partition coefficient (Wildman–Crippen LogP) is 2.61. The second kappa shape index (κ2) is 5.66. The largest absolute Gasteiger partial charge is 0.295 e. The van der Waals surface area contributed by atoms with Gasteiger partial charge in [0.05, 0.1) is 10.6 Å². The number of hydrogen-bond donors (Lipinski definition) is 1. The van der Waals surface area contributed by atoms with E-state index in [2.05, 4.69) is 14.8 Å². The maximum atomic E-state index is 12.6. The second-order valence-corrected chi connectivity index (χ2v) is 7.81. The smallest absolute Gasteiger partial charge is 0.263 e. The number of carbonyl (C=O) groups excluding carboxylic acids is 1. The van der Waals surface area contributed by atoms with Crippen LogP contribution in [0.5, 0.6) is 0 Å². The van der Waals surface area contributed by atoms with E-state index in [1.165, 1.54) is 35.7 Å². The molecule has 0 atom stereocenters. The lowest BCUT2D eigenvalue weighted by Crippen LogP contribution is -2.16. The molecule has 1 aliphatic rings. The van der Waals surface area contributed by atoms with Crippen LogP contribution in [-0.4, -0.2) is 28.8 Å². The quantitative estimate of drug-likeness (QED) is 0.709. The number of aromatic nitrogens is 3. The number of hydrogen-bond acceptors (Lipinski definition) is 5. The summed E-state index contributed by atoms with van der Waals surface area (Å²) >= 11 is 0. The molecule has 0 aliphatic heterocycles. The van der Waals surface area contributed by atoms with Gasteiger partial charge in [0, 0.05) is 23.7 Å². The monoisotopic (exact) mass is 356 g/mol. The summed E-state index contributed by atoms with van der Waals surface area (Å²) in [6.45, 7) is 1.44. The third-order valence-corrected chi connectivity index (χ3v) is 5.55. The van der Waals surface area contributed by atoms with Crippen molar-refractivity contribution in [2.45, 2.75) is 30.6 Å². The van der Waals surface area contributed by atoms with Crippen molar-refractivity contribution in [3.63, 3.8) is 0 Å². The van der Waals surface area contributed by atoms with Crippen LogP contribution in [0.2, 0.25) is 0 Å². The Morgan fingerprint density at radius 1 is 1.20 bits per heavy atom. The lowest BCUT2D eigenvalue weighted by Gasteiger charge is -2.09. The molecule has 0 unspecified atom stereocenters. The Morgan fingerprint density at radius 2 is 1.92 bits per heavy atom. The molecule has 1 fully saturated rings. The van der Waals surface area contributed by atoms with Gasteiger partial charge in [0.15, 0.2) is 11.4 Å². The van der Waals surface area contributed by atoms with Gasteiger partial charge >= 0.3 is 0 Å². The number of nitrogens with one attached hydrogen (secondary N) is 1. The van der Waals surface area contributed by atoms with Gasteiger partial charge < -0.3 is 0 Å². The van der Waals surface area contributed by atoms with Gasteiger partial charge in [-0.3, -0.25) is 9.52 Å². The summed E-state index contributed by atoms with van der Waals surface area (Å²) in [4.78, 5) is 15.6. The molecule has 2 heterocycles. The molecular weight excluding hydrogens is 340 g/mol. The highest BCUT2D eigenvalue weighted by atomic mass is 32.2. The maximum absolute atomic E-state index is 12.6. The summed E-state index contributed by atoms with van der Waals surface area (Å²) in [5, 5.41) is 4.47. The van der Waals surface area contributed by atoms with E-state index in [1.807, 2.05) is 6.07 Å². The molecule has 0 radical (unpaired) electrons. The molecule has 3 aromatic rings. The number of fused-ring (bicyclic) bond motifs is 1. The van der Waals surface area contributed by atoms with Gasteiger partial charge in [-0.25, -0.2) is 13.4 Å². The molecule has 128 valence electrons. The van der Waals surface area contributed by atoms with Crippen LogP contribution in [0.1, 0.15) is 41.7 Å². The normalized spacial score (nSPS) is 14.6. The predicted molar refractivity (Wildman–Crippen MR) is 92.2 cm³/mol. The standard InChI is InChI=1S/C17H16N4O3S/c1-11(22)12-4-6-14(7-5-12)25(23,24)20-16-8-9-18-17-10-15(13-2-3-13)19-21(16)17/h4-10,13,20H,2-3H2,1H3. The Morgan fingerprint density at radius 3 is 2.56 bits per heavy atom. The molecule has 8 heteroatoms. The van der Waals surface area contributed by atoms with Gasteiger partial charge in [0.1, 0.15) is 5.82 Å². The number of Topliss-reactive ketones (excluding diaryl/α,β-unsaturated/α-hetero) is 1. The molecule has 1 N–H and O–H groups in total. The van der Waals surface area contributed by atoms with E-state index in [9.17, 15) is 13.2 Å². The Labute approximate surface area is 144 Å². The molecule has 25 heavy (non-hydrogen) atoms. The van der Waals surface area contributed by atoms with Crippen LogP contribution < -0.4 is 4.72 Å². The highest BCUT2D eigenvalue weighted by molar-refractivity contribution is 7.92. The Balaban J connectivity index is 1.68. The minimum atomic E-state index is -3.79. The molecule has 0 amide bonds. The fourth-order valence-corrected chi connectivity index (χ4v) is 3.68. The lowest BCUT2D eigenvalue weighted by atomic mass is 10.2. The Bertz CT molecular complexity index is 1070. The number of ketones is 1. The third-order valence-electron chi connectivity index (χ3n) is 4.18. The molecule has 0 saturated heterocycles. The minimum Gasteiger partial charge on any atom is -0.295 e. The highest BCUT2D eigenvalue weighted by Crippen LogP contribution is 2.39. The molecule has 4 rings (SSSR count). The number of sulfonamides is 1. The molecule has 0 spiro atoms. The van der Waals surface area contributed by atoms with Crippen molar-refractivity contribution in [2.24, 2.45) is 0 Å². The average molecular weight is 356 g/mol. The fraction of sp³-hybridized carbons (Fsp3) is 0.235. The molecule has 1 aromatic carbocycles. The highest BCUT2D eigenvalue weighted by Gasteiger charge is 2.27. The molecule has 1 saturated carbocycles. The summed E-state index contributed by atoms with van der Waals surface area (Å²) in [6.07, 6.45) is 3.76. The van der Waals surface area contributed by atoms with E-state index in [-0.39, 0.29) is 10.7 Å². The van der Waals surface area contributed by atoms with Crippen LogP contribution in [0, 0.1) is 0 Å². The zero-order valence-corrected chi connectivity index (χ0v) is 14.3. The number of anilines is 1. The lowest BCUT2D eigenvalue weighted by molar-refractivity contribution is 0.101. The van der Waals surface area contributed by atoms with Gasteiger partial charge in [-0.05, 0) is 38.0 Å². The van der Waals surface area contributed by atoms with Gasteiger partial charge in [-0.2, -0.15) is 9.61 Å². The summed E-state index contributed by atoms with van der Waals surface area (Å²) < 4.78 is 29.3. The van der Waals surface area contributed by atoms with Crippen LogP contribution in [0.15, 0.2) is 47.5 Å². The van der Waals surface area contributed by atoms with Gasteiger partial charge in [0.25, 0.3) is 10.0 Å². The molecule has 7 nitrogen and oxygen atoms in total. The van der Waals surface area contributed by atoms with E-state index in [4.69, 9.17) is 0 Å². The average Bonchev–Trinajstić information content (AvgIpc) is 3.34. The van der Waals surface area contributed by atoms with Crippen molar-refractivity contribution < 1.29 is 13.2 Å². The van der Waals surface area contributed by atoms with Crippen molar-refractivity contribution in [3.05, 3.63) is 53.9 Å². The van der Waals surface area contributed by atoms with Gasteiger partial charge in [0.2, 0.25) is 0 Å². The molecule has 1 aliphatic carbocycles. The van der Waals surface area contributed by atoms with Crippen LogP contribution in [0.25, 0.3) is 5.65 Å². The van der Waals surface area contributed by atoms with E-state index < -0.39 is 10.0 Å². The second-order valence-electron chi connectivity index (χ2n) is 6.13. The van der Waals surface area contributed by atoms with E-state index in [1.54, 1.807) is 12.3 Å². The van der Waals surface area contributed by atoms with Crippen LogP contribution in [0.4, 0.5) is 5.82 Å². The minimum absolute atomic E-state index is 0.0806. The summed E-state index contributed by atoms with van der Waals surface area (Å²) in [5.74, 6) is 0.662. The zero-order valence-electron chi connectivity index (χ0n) is 13.5. The van der Waals surface area contributed by atoms with E-state index >= 15 is 0 Å². The SMILES string of the molecule is CC(=O)c1ccc(S(=O)(=O)Nc2ccnc3cc(C4CC4)nn23)cc1. The number of nitrogens with zero attached hydrogens (tertiary/aromatic N) is 3. The molecular formula is C17H16N4O3S. The third kappa shape index (κ3) is 3.00. The van der Waals surface area contributed by atoms with Crippen molar-refractivity contribution >= 4 is 27.3 Å². The topological polar surface area (TPSA) is 93.4 Å². The van der Waals surface area contributed by atoms with Crippen molar-refractivity contribution in [1.29, 1.82) is 0 Å². The van der Waals surface area contributed by atoms with Crippen molar-refractivity contribution in [1.82, 2.24) is 14.6 Å². The van der Waals surface area contributed by atoms with Crippen molar-refractivity contribution in [3.8, 4) is 0 Å². The van der Waals surface area contributed by atoms with Crippen molar-refractivity contribution in [2.75, 3.05) is 4.72 Å². The van der Waals surface area contributed by atoms with Crippen LogP contribution in [-0.2, 0) is 10.0 Å². The summed E-state index contributed by atoms with van der Waals surface area (Å²) in [6, 6.07) is 9.28. The molecule has 2 aromatic heterocycles. The van der Waals surface area contributed by atoms with Crippen LogP contribution in [0.3, 0.4) is 0 Å².